The Balaban J connectivity index is 1.48. The largest absolute Gasteiger partial charge is 0.441 e. The van der Waals surface area contributed by atoms with Crippen molar-refractivity contribution in [3.63, 3.8) is 0 Å². The Morgan fingerprint density at radius 1 is 1.00 bits per heavy atom. The van der Waals surface area contributed by atoms with Gasteiger partial charge in [-0.1, -0.05) is 6.07 Å². The number of rotatable bonds is 4. The number of anilines is 2. The molecule has 5 rings (SSSR count). The van der Waals surface area contributed by atoms with Crippen molar-refractivity contribution in [3.05, 3.63) is 90.2 Å². The van der Waals surface area contributed by atoms with Crippen LogP contribution >= 0.6 is 0 Å². The smallest absolute Gasteiger partial charge is 0.416 e. The second kappa shape index (κ2) is 7.81. The molecule has 0 saturated heterocycles. The molecule has 0 spiro atoms. The van der Waals surface area contributed by atoms with Crippen LogP contribution in [0.3, 0.4) is 0 Å². The number of nitrogens with zero attached hydrogens (tertiary/aromatic N) is 3. The molecule has 3 heterocycles. The fourth-order valence-corrected chi connectivity index (χ4v) is 3.68. The van der Waals surface area contributed by atoms with Gasteiger partial charge in [0.15, 0.2) is 17.3 Å². The molecule has 0 aliphatic rings. The zero-order valence-corrected chi connectivity index (χ0v) is 17.8. The minimum absolute atomic E-state index is 0.450. The summed E-state index contributed by atoms with van der Waals surface area (Å²) in [4.78, 5) is 8.75. The summed E-state index contributed by atoms with van der Waals surface area (Å²) in [7, 11) is 0. The number of oxazole rings is 1. The molecule has 166 valence electrons. The van der Waals surface area contributed by atoms with Gasteiger partial charge in [0, 0.05) is 36.1 Å². The summed E-state index contributed by atoms with van der Waals surface area (Å²) in [5.74, 6) is 1.29. The van der Waals surface area contributed by atoms with Gasteiger partial charge < -0.3 is 14.1 Å². The zero-order chi connectivity index (χ0) is 23.2. The average Bonchev–Trinajstić information content (AvgIpc) is 3.41. The molecule has 0 aliphatic carbocycles. The van der Waals surface area contributed by atoms with Crippen LogP contribution in [-0.2, 0) is 6.18 Å². The van der Waals surface area contributed by atoms with Crippen molar-refractivity contribution < 1.29 is 17.6 Å². The van der Waals surface area contributed by atoms with Crippen LogP contribution in [0.2, 0.25) is 0 Å². The molecule has 0 radical (unpaired) electrons. The van der Waals surface area contributed by atoms with Gasteiger partial charge in [-0.15, -0.1) is 0 Å². The molecule has 2 aromatic carbocycles. The Labute approximate surface area is 187 Å². The number of imidazole rings is 1. The highest BCUT2D eigenvalue weighted by atomic mass is 19.4. The van der Waals surface area contributed by atoms with Gasteiger partial charge in [0.2, 0.25) is 0 Å². The normalized spacial score (nSPS) is 11.8. The quantitative estimate of drug-likeness (QED) is 0.321. The third-order valence-corrected chi connectivity index (χ3v) is 5.39. The highest BCUT2D eigenvalue weighted by molar-refractivity contribution is 5.78. The summed E-state index contributed by atoms with van der Waals surface area (Å²) in [5.41, 5.74) is 4.04. The van der Waals surface area contributed by atoms with E-state index in [9.17, 15) is 13.2 Å². The van der Waals surface area contributed by atoms with Gasteiger partial charge in [-0.2, -0.15) is 13.2 Å². The molecule has 5 aromatic rings. The van der Waals surface area contributed by atoms with Gasteiger partial charge in [0.05, 0.1) is 23.1 Å². The lowest BCUT2D eigenvalue weighted by atomic mass is 10.0. The highest BCUT2D eigenvalue weighted by Crippen LogP contribution is 2.34. The van der Waals surface area contributed by atoms with E-state index in [1.165, 1.54) is 6.07 Å². The van der Waals surface area contributed by atoms with E-state index in [0.717, 1.165) is 34.6 Å². The van der Waals surface area contributed by atoms with Gasteiger partial charge in [-0.3, -0.25) is 0 Å². The number of fused-ring (bicyclic) bond motifs is 1. The number of pyridine rings is 1. The van der Waals surface area contributed by atoms with Crippen molar-refractivity contribution in [1.82, 2.24) is 14.4 Å². The van der Waals surface area contributed by atoms with Crippen molar-refractivity contribution in [2.24, 2.45) is 0 Å². The van der Waals surface area contributed by atoms with E-state index in [0.29, 0.717) is 28.6 Å². The number of aromatic nitrogens is 3. The number of aryl methyl sites for hydroxylation is 2. The lowest BCUT2D eigenvalue weighted by Gasteiger charge is -2.10. The molecule has 0 atom stereocenters. The highest BCUT2D eigenvalue weighted by Gasteiger charge is 2.31. The van der Waals surface area contributed by atoms with E-state index in [2.05, 4.69) is 15.3 Å². The summed E-state index contributed by atoms with van der Waals surface area (Å²) >= 11 is 0. The fourth-order valence-electron chi connectivity index (χ4n) is 3.68. The second-order valence-electron chi connectivity index (χ2n) is 7.75. The molecule has 0 unspecified atom stereocenters. The molecular weight excluding hydrogens is 429 g/mol. The number of halogens is 3. The van der Waals surface area contributed by atoms with E-state index in [-0.39, 0.29) is 0 Å². The summed E-state index contributed by atoms with van der Waals surface area (Å²) < 4.78 is 47.0. The lowest BCUT2D eigenvalue weighted by Crippen LogP contribution is -2.05. The first-order valence-corrected chi connectivity index (χ1v) is 10.2. The number of hydrogen-bond donors (Lipinski definition) is 1. The molecule has 0 saturated carbocycles. The van der Waals surface area contributed by atoms with Crippen LogP contribution in [0, 0.1) is 13.8 Å². The van der Waals surface area contributed by atoms with Crippen LogP contribution < -0.4 is 5.32 Å². The fraction of sp³-hybridized carbons (Fsp3) is 0.120. The van der Waals surface area contributed by atoms with Gasteiger partial charge in [-0.05, 0) is 61.0 Å². The first-order chi connectivity index (χ1) is 15.8. The van der Waals surface area contributed by atoms with Crippen LogP contribution in [0.4, 0.5) is 24.5 Å². The van der Waals surface area contributed by atoms with E-state index in [1.54, 1.807) is 30.6 Å². The van der Waals surface area contributed by atoms with Crippen LogP contribution in [0.15, 0.2) is 77.6 Å². The third-order valence-electron chi connectivity index (χ3n) is 5.39. The van der Waals surface area contributed by atoms with Crippen molar-refractivity contribution in [3.8, 4) is 22.6 Å². The lowest BCUT2D eigenvalue weighted by molar-refractivity contribution is -0.137. The predicted octanol–water partition coefficient (Wildman–Crippen LogP) is 7.04. The van der Waals surface area contributed by atoms with E-state index in [1.807, 2.05) is 42.6 Å². The standard InChI is InChI=1S/C25H19F3N4O/c1-15-5-8-18(25(26,27)28)12-20(15)22-14-32-11-3-4-21(24(32)31-22)30-19-9-6-17(7-10-19)23-13-29-16(2)33-23/h3-14,30H,1-2H3. The molecule has 1 N–H and O–H groups in total. The Morgan fingerprint density at radius 3 is 2.48 bits per heavy atom. The summed E-state index contributed by atoms with van der Waals surface area (Å²) in [6.07, 6.45) is 0.818. The molecule has 3 aromatic heterocycles. The third kappa shape index (κ3) is 4.07. The predicted molar refractivity (Wildman–Crippen MR) is 120 cm³/mol. The maximum absolute atomic E-state index is 13.2. The van der Waals surface area contributed by atoms with Crippen molar-refractivity contribution in [1.29, 1.82) is 0 Å². The Morgan fingerprint density at radius 2 is 1.79 bits per heavy atom. The van der Waals surface area contributed by atoms with Crippen molar-refractivity contribution >= 4 is 17.0 Å². The summed E-state index contributed by atoms with van der Waals surface area (Å²) in [6, 6.07) is 15.1. The van der Waals surface area contributed by atoms with Gasteiger partial charge in [0.1, 0.15) is 0 Å². The van der Waals surface area contributed by atoms with Crippen molar-refractivity contribution in [2.75, 3.05) is 5.32 Å². The average molecular weight is 448 g/mol. The van der Waals surface area contributed by atoms with Gasteiger partial charge >= 0.3 is 6.18 Å². The Kier molecular flexibility index (Phi) is 4.92. The molecular formula is C25H19F3N4O. The molecule has 0 aliphatic heterocycles. The maximum atomic E-state index is 13.2. The number of nitrogens with one attached hydrogen (secondary N) is 1. The molecule has 33 heavy (non-hydrogen) atoms. The van der Waals surface area contributed by atoms with Crippen molar-refractivity contribution in [2.45, 2.75) is 20.0 Å². The first-order valence-electron chi connectivity index (χ1n) is 10.2. The van der Waals surface area contributed by atoms with E-state index < -0.39 is 11.7 Å². The number of alkyl halides is 3. The maximum Gasteiger partial charge on any atom is 0.416 e. The molecule has 5 nitrogen and oxygen atoms in total. The zero-order valence-electron chi connectivity index (χ0n) is 17.8. The molecule has 0 amide bonds. The van der Waals surface area contributed by atoms with Crippen LogP contribution in [-0.4, -0.2) is 14.4 Å². The Bertz CT molecular complexity index is 1450. The van der Waals surface area contributed by atoms with E-state index >= 15 is 0 Å². The topological polar surface area (TPSA) is 55.4 Å². The SMILES string of the molecule is Cc1ncc(-c2ccc(Nc3cccn4cc(-c5cc(C(F)(F)F)ccc5C)nc34)cc2)o1. The summed E-state index contributed by atoms with van der Waals surface area (Å²) in [5, 5.41) is 3.34. The first kappa shape index (κ1) is 20.8. The van der Waals surface area contributed by atoms with Crippen LogP contribution in [0.25, 0.3) is 28.2 Å². The minimum atomic E-state index is -4.41. The molecule has 0 fully saturated rings. The number of hydrogen-bond acceptors (Lipinski definition) is 4. The second-order valence-corrected chi connectivity index (χ2v) is 7.75. The van der Waals surface area contributed by atoms with Gasteiger partial charge in [-0.25, -0.2) is 9.97 Å². The molecule has 0 bridgehead atoms. The molecule has 8 heteroatoms. The van der Waals surface area contributed by atoms with Gasteiger partial charge in [0.25, 0.3) is 0 Å². The monoisotopic (exact) mass is 448 g/mol. The van der Waals surface area contributed by atoms with E-state index in [4.69, 9.17) is 4.42 Å². The minimum Gasteiger partial charge on any atom is -0.441 e. The summed E-state index contributed by atoms with van der Waals surface area (Å²) in [6.45, 7) is 3.57. The number of benzene rings is 2. The van der Waals surface area contributed by atoms with Crippen LogP contribution in [0.1, 0.15) is 17.0 Å². The Hall–Kier alpha value is -4.07. The van der Waals surface area contributed by atoms with Crippen LogP contribution in [0.5, 0.6) is 0 Å².